The molecule has 0 aromatic heterocycles. The number of hydrogen-bond acceptors (Lipinski definition) is 2. The summed E-state index contributed by atoms with van der Waals surface area (Å²) in [6.45, 7) is 3.03. The molecular formula is C13H18N2. The second kappa shape index (κ2) is 7.03. The van der Waals surface area contributed by atoms with Gasteiger partial charge in [-0.25, -0.2) is 0 Å². The van der Waals surface area contributed by atoms with Gasteiger partial charge in [0.2, 0.25) is 0 Å². The summed E-state index contributed by atoms with van der Waals surface area (Å²) in [5, 5.41) is 12.1. The van der Waals surface area contributed by atoms with Gasteiger partial charge >= 0.3 is 0 Å². The molecule has 1 atom stereocenters. The Labute approximate surface area is 91.9 Å². The minimum absolute atomic E-state index is 0.00911. The lowest BCUT2D eigenvalue weighted by molar-refractivity contribution is 0.562. The highest BCUT2D eigenvalue weighted by atomic mass is 14.9. The lowest BCUT2D eigenvalue weighted by Crippen LogP contribution is -2.28. The highest BCUT2D eigenvalue weighted by molar-refractivity contribution is 5.15. The molecule has 15 heavy (non-hydrogen) atoms. The monoisotopic (exact) mass is 202 g/mol. The van der Waals surface area contributed by atoms with Crippen LogP contribution in [0, 0.1) is 11.3 Å². The van der Waals surface area contributed by atoms with Crippen LogP contribution in [0.1, 0.15) is 25.3 Å². The normalized spacial score (nSPS) is 12.0. The second-order valence-electron chi connectivity index (χ2n) is 3.66. The third kappa shape index (κ3) is 4.62. The molecule has 2 heteroatoms. The van der Waals surface area contributed by atoms with E-state index in [4.69, 9.17) is 5.26 Å². The predicted octanol–water partition coefficient (Wildman–Crippen LogP) is 2.51. The van der Waals surface area contributed by atoms with E-state index in [2.05, 4.69) is 30.4 Å². The summed E-state index contributed by atoms with van der Waals surface area (Å²) < 4.78 is 0. The van der Waals surface area contributed by atoms with Gasteiger partial charge in [-0.2, -0.15) is 5.26 Å². The largest absolute Gasteiger partial charge is 0.302 e. The van der Waals surface area contributed by atoms with Crippen LogP contribution < -0.4 is 5.32 Å². The van der Waals surface area contributed by atoms with Gasteiger partial charge in [-0.15, -0.1) is 0 Å². The van der Waals surface area contributed by atoms with Crippen LogP contribution in [0.3, 0.4) is 0 Å². The van der Waals surface area contributed by atoms with E-state index in [-0.39, 0.29) is 6.04 Å². The van der Waals surface area contributed by atoms with Gasteiger partial charge in [0.1, 0.15) is 0 Å². The fourth-order valence-corrected chi connectivity index (χ4v) is 1.49. The predicted molar refractivity (Wildman–Crippen MR) is 62.5 cm³/mol. The standard InChI is InChI=1S/C13H18N2/c1-2-10-15-13(11-14)9-8-12-6-4-3-5-7-12/h3-7,13,15H,2,8-10H2,1H3. The SMILES string of the molecule is CCCNC(C#N)CCc1ccccc1. The first kappa shape index (κ1) is 11.7. The molecule has 0 aliphatic rings. The van der Waals surface area contributed by atoms with Crippen molar-refractivity contribution in [3.05, 3.63) is 35.9 Å². The van der Waals surface area contributed by atoms with E-state index in [1.165, 1.54) is 5.56 Å². The number of hydrogen-bond donors (Lipinski definition) is 1. The second-order valence-corrected chi connectivity index (χ2v) is 3.66. The number of nitrogens with one attached hydrogen (secondary N) is 1. The van der Waals surface area contributed by atoms with Gasteiger partial charge < -0.3 is 5.32 Å². The summed E-state index contributed by atoms with van der Waals surface area (Å²) in [6, 6.07) is 12.6. The van der Waals surface area contributed by atoms with Crippen LogP contribution >= 0.6 is 0 Å². The summed E-state index contributed by atoms with van der Waals surface area (Å²) in [6.07, 6.45) is 2.93. The first-order chi connectivity index (χ1) is 7.36. The molecule has 0 aliphatic carbocycles. The Morgan fingerprint density at radius 2 is 2.07 bits per heavy atom. The summed E-state index contributed by atoms with van der Waals surface area (Å²) in [4.78, 5) is 0. The molecule has 0 fully saturated rings. The maximum atomic E-state index is 8.92. The number of benzene rings is 1. The fraction of sp³-hybridized carbons (Fsp3) is 0.462. The van der Waals surface area contributed by atoms with Gasteiger partial charge in [0.25, 0.3) is 0 Å². The fourth-order valence-electron chi connectivity index (χ4n) is 1.49. The lowest BCUT2D eigenvalue weighted by atomic mass is 10.1. The van der Waals surface area contributed by atoms with E-state index in [1.807, 2.05) is 18.2 Å². The minimum atomic E-state index is -0.00911. The Morgan fingerprint density at radius 1 is 1.33 bits per heavy atom. The van der Waals surface area contributed by atoms with Crippen molar-refractivity contribution in [2.24, 2.45) is 0 Å². The smallest absolute Gasteiger partial charge is 0.0956 e. The summed E-state index contributed by atoms with van der Waals surface area (Å²) in [7, 11) is 0. The van der Waals surface area contributed by atoms with Crippen molar-refractivity contribution in [1.82, 2.24) is 5.32 Å². The van der Waals surface area contributed by atoms with Crippen LogP contribution in [0.25, 0.3) is 0 Å². The van der Waals surface area contributed by atoms with Gasteiger partial charge in [0.05, 0.1) is 12.1 Å². The first-order valence-electron chi connectivity index (χ1n) is 5.53. The van der Waals surface area contributed by atoms with E-state index in [0.717, 1.165) is 25.8 Å². The maximum Gasteiger partial charge on any atom is 0.0956 e. The molecule has 0 radical (unpaired) electrons. The summed E-state index contributed by atoms with van der Waals surface area (Å²) in [5.74, 6) is 0. The number of nitriles is 1. The molecule has 0 bridgehead atoms. The van der Waals surface area contributed by atoms with Crippen molar-refractivity contribution >= 4 is 0 Å². The molecule has 2 nitrogen and oxygen atoms in total. The average molecular weight is 202 g/mol. The molecule has 1 aromatic rings. The van der Waals surface area contributed by atoms with Crippen LogP contribution in [0.2, 0.25) is 0 Å². The van der Waals surface area contributed by atoms with Gasteiger partial charge in [-0.1, -0.05) is 37.3 Å². The van der Waals surface area contributed by atoms with Gasteiger partial charge in [-0.05, 0) is 31.4 Å². The zero-order valence-corrected chi connectivity index (χ0v) is 9.24. The van der Waals surface area contributed by atoms with Gasteiger partial charge in [0, 0.05) is 0 Å². The molecule has 0 saturated carbocycles. The molecule has 0 spiro atoms. The van der Waals surface area contributed by atoms with Crippen molar-refractivity contribution < 1.29 is 0 Å². The molecule has 0 saturated heterocycles. The average Bonchev–Trinajstić information content (AvgIpc) is 2.31. The van der Waals surface area contributed by atoms with Crippen LogP contribution in [0.4, 0.5) is 0 Å². The molecule has 1 rings (SSSR count). The van der Waals surface area contributed by atoms with E-state index < -0.39 is 0 Å². The van der Waals surface area contributed by atoms with Crippen LogP contribution in [0.15, 0.2) is 30.3 Å². The molecule has 80 valence electrons. The molecule has 1 unspecified atom stereocenters. The van der Waals surface area contributed by atoms with E-state index in [0.29, 0.717) is 0 Å². The van der Waals surface area contributed by atoms with E-state index in [9.17, 15) is 0 Å². The van der Waals surface area contributed by atoms with Crippen molar-refractivity contribution in [3.8, 4) is 6.07 Å². The van der Waals surface area contributed by atoms with Crippen molar-refractivity contribution in [3.63, 3.8) is 0 Å². The van der Waals surface area contributed by atoms with Crippen LogP contribution in [-0.4, -0.2) is 12.6 Å². The van der Waals surface area contributed by atoms with Crippen LogP contribution in [0.5, 0.6) is 0 Å². The Kier molecular flexibility index (Phi) is 5.50. The zero-order chi connectivity index (χ0) is 10.9. The summed E-state index contributed by atoms with van der Waals surface area (Å²) >= 11 is 0. The quantitative estimate of drug-likeness (QED) is 0.769. The Hall–Kier alpha value is -1.33. The van der Waals surface area contributed by atoms with E-state index in [1.54, 1.807) is 0 Å². The van der Waals surface area contributed by atoms with Crippen molar-refractivity contribution in [2.75, 3.05) is 6.54 Å². The highest BCUT2D eigenvalue weighted by Gasteiger charge is 2.05. The lowest BCUT2D eigenvalue weighted by Gasteiger charge is -2.10. The molecule has 0 heterocycles. The molecule has 1 N–H and O–H groups in total. The third-order valence-corrected chi connectivity index (χ3v) is 2.36. The third-order valence-electron chi connectivity index (χ3n) is 2.36. The molecule has 0 amide bonds. The van der Waals surface area contributed by atoms with Crippen LogP contribution in [-0.2, 0) is 6.42 Å². The topological polar surface area (TPSA) is 35.8 Å². The highest BCUT2D eigenvalue weighted by Crippen LogP contribution is 2.04. The molecule has 0 aliphatic heterocycles. The van der Waals surface area contributed by atoms with Gasteiger partial charge in [-0.3, -0.25) is 0 Å². The number of nitrogens with zero attached hydrogens (tertiary/aromatic N) is 1. The minimum Gasteiger partial charge on any atom is -0.302 e. The Bertz CT molecular complexity index is 300. The zero-order valence-electron chi connectivity index (χ0n) is 9.24. The first-order valence-corrected chi connectivity index (χ1v) is 5.53. The van der Waals surface area contributed by atoms with Gasteiger partial charge in [0.15, 0.2) is 0 Å². The number of aryl methyl sites for hydroxylation is 1. The maximum absolute atomic E-state index is 8.92. The summed E-state index contributed by atoms with van der Waals surface area (Å²) in [5.41, 5.74) is 1.30. The van der Waals surface area contributed by atoms with Crippen molar-refractivity contribution in [1.29, 1.82) is 5.26 Å². The Morgan fingerprint density at radius 3 is 2.67 bits per heavy atom. The number of rotatable bonds is 6. The Balaban J connectivity index is 2.32. The molecule has 1 aromatic carbocycles. The molecular weight excluding hydrogens is 184 g/mol. The van der Waals surface area contributed by atoms with Crippen molar-refractivity contribution in [2.45, 2.75) is 32.2 Å². The van der Waals surface area contributed by atoms with E-state index >= 15 is 0 Å².